The molecule has 1 aromatic carbocycles. The van der Waals surface area contributed by atoms with Crippen molar-refractivity contribution in [1.82, 2.24) is 14.9 Å². The second kappa shape index (κ2) is 8.57. The number of carbonyl (C=O) groups is 2. The number of ketones is 1. The van der Waals surface area contributed by atoms with Gasteiger partial charge in [-0.1, -0.05) is 23.7 Å². The van der Waals surface area contributed by atoms with Crippen LogP contribution in [0.1, 0.15) is 22.7 Å². The minimum absolute atomic E-state index is 0.0533. The summed E-state index contributed by atoms with van der Waals surface area (Å²) >= 11 is 6.11. The second-order valence-corrected chi connectivity index (χ2v) is 7.36. The lowest BCUT2D eigenvalue weighted by Crippen LogP contribution is -2.29. The van der Waals surface area contributed by atoms with E-state index >= 15 is 0 Å². The summed E-state index contributed by atoms with van der Waals surface area (Å²) in [6, 6.07) is 10.9. The van der Waals surface area contributed by atoms with Gasteiger partial charge in [-0.05, 0) is 41.5 Å². The summed E-state index contributed by atoms with van der Waals surface area (Å²) in [7, 11) is 1.44. The number of aromatic nitrogens is 2. The molecule has 1 amide bonds. The van der Waals surface area contributed by atoms with Gasteiger partial charge < -0.3 is 14.7 Å². The van der Waals surface area contributed by atoms with E-state index < -0.39 is 17.7 Å². The third-order valence-electron chi connectivity index (χ3n) is 5.03. The highest BCUT2D eigenvalue weighted by Crippen LogP contribution is 2.41. The molecule has 4 rings (SSSR count). The van der Waals surface area contributed by atoms with Gasteiger partial charge in [-0.25, -0.2) is 0 Å². The van der Waals surface area contributed by atoms with Crippen LogP contribution in [-0.2, 0) is 16.1 Å². The summed E-state index contributed by atoms with van der Waals surface area (Å²) in [6.07, 6.45) is 6.41. The minimum atomic E-state index is -0.836. The van der Waals surface area contributed by atoms with E-state index in [0.29, 0.717) is 16.3 Å². The quantitative estimate of drug-likeness (QED) is 0.372. The molecule has 1 saturated heterocycles. The fraction of sp³-hybridized carbons (Fsp3) is 0.130. The third-order valence-corrected chi connectivity index (χ3v) is 5.27. The van der Waals surface area contributed by atoms with E-state index in [1.54, 1.807) is 55.1 Å². The van der Waals surface area contributed by atoms with E-state index in [1.807, 2.05) is 6.07 Å². The van der Waals surface area contributed by atoms with Crippen LogP contribution in [0.2, 0.25) is 5.02 Å². The molecule has 7 nitrogen and oxygen atoms in total. The molecule has 0 saturated carbocycles. The van der Waals surface area contributed by atoms with E-state index in [-0.39, 0.29) is 23.4 Å². The zero-order chi connectivity index (χ0) is 22.0. The number of methoxy groups -OCH3 is 1. The normalized spacial score (nSPS) is 17.7. The van der Waals surface area contributed by atoms with Crippen molar-refractivity contribution in [1.29, 1.82) is 0 Å². The number of hydrogen-bond acceptors (Lipinski definition) is 6. The van der Waals surface area contributed by atoms with Gasteiger partial charge in [0.25, 0.3) is 11.7 Å². The molecule has 1 aliphatic heterocycles. The number of nitrogens with zero attached hydrogens (tertiary/aromatic N) is 3. The number of benzene rings is 1. The van der Waals surface area contributed by atoms with E-state index in [4.69, 9.17) is 16.3 Å². The Balaban J connectivity index is 1.90. The van der Waals surface area contributed by atoms with Crippen molar-refractivity contribution in [2.45, 2.75) is 12.6 Å². The van der Waals surface area contributed by atoms with Crippen LogP contribution in [-0.4, -0.2) is 38.8 Å². The van der Waals surface area contributed by atoms with Crippen LogP contribution in [0.3, 0.4) is 0 Å². The Morgan fingerprint density at radius 1 is 1.13 bits per heavy atom. The monoisotopic (exact) mass is 435 g/mol. The van der Waals surface area contributed by atoms with Gasteiger partial charge in [-0.3, -0.25) is 19.6 Å². The van der Waals surface area contributed by atoms with Crippen LogP contribution >= 0.6 is 11.6 Å². The molecule has 3 aromatic rings. The SMILES string of the molecule is COc1ccc(Cl)cc1C(O)=C1C(=O)C(=O)N(Cc2cccnc2)C1c1cccnc1. The lowest BCUT2D eigenvalue weighted by molar-refractivity contribution is -0.140. The number of aliphatic hydroxyl groups is 1. The summed E-state index contributed by atoms with van der Waals surface area (Å²) in [5.74, 6) is -1.55. The number of likely N-dealkylation sites (tertiary alicyclic amines) is 1. The average molecular weight is 436 g/mol. The molecule has 0 aliphatic carbocycles. The van der Waals surface area contributed by atoms with Crippen LogP contribution in [0.15, 0.2) is 72.8 Å². The van der Waals surface area contributed by atoms with Gasteiger partial charge in [0, 0.05) is 36.4 Å². The van der Waals surface area contributed by atoms with Crippen LogP contribution in [0.4, 0.5) is 0 Å². The van der Waals surface area contributed by atoms with Crippen LogP contribution in [0, 0.1) is 0 Å². The number of pyridine rings is 2. The molecule has 0 spiro atoms. The number of aliphatic hydroxyl groups excluding tert-OH is 1. The largest absolute Gasteiger partial charge is 0.507 e. The first-order valence-corrected chi connectivity index (χ1v) is 9.80. The summed E-state index contributed by atoms with van der Waals surface area (Å²) < 4.78 is 5.32. The number of amides is 1. The van der Waals surface area contributed by atoms with Gasteiger partial charge in [0.1, 0.15) is 11.5 Å². The molecule has 1 fully saturated rings. The number of rotatable bonds is 5. The van der Waals surface area contributed by atoms with E-state index in [1.165, 1.54) is 18.1 Å². The van der Waals surface area contributed by atoms with Gasteiger partial charge in [0.15, 0.2) is 0 Å². The van der Waals surface area contributed by atoms with Crippen molar-refractivity contribution in [3.05, 3.63) is 94.5 Å². The summed E-state index contributed by atoms with van der Waals surface area (Å²) in [5, 5.41) is 11.5. The van der Waals surface area contributed by atoms with Crippen LogP contribution < -0.4 is 4.74 Å². The maximum Gasteiger partial charge on any atom is 0.295 e. The molecule has 0 radical (unpaired) electrons. The molecule has 31 heavy (non-hydrogen) atoms. The Labute approximate surface area is 183 Å². The minimum Gasteiger partial charge on any atom is -0.507 e. The number of halogens is 1. The van der Waals surface area contributed by atoms with Gasteiger partial charge in [-0.2, -0.15) is 0 Å². The third kappa shape index (κ3) is 3.87. The first-order chi connectivity index (χ1) is 15.0. The van der Waals surface area contributed by atoms with E-state index in [2.05, 4.69) is 9.97 Å². The fourth-order valence-corrected chi connectivity index (χ4v) is 3.80. The first-order valence-electron chi connectivity index (χ1n) is 9.42. The average Bonchev–Trinajstić information content (AvgIpc) is 3.04. The zero-order valence-corrected chi connectivity index (χ0v) is 17.3. The molecule has 1 atom stereocenters. The zero-order valence-electron chi connectivity index (χ0n) is 16.5. The molecule has 2 aromatic heterocycles. The van der Waals surface area contributed by atoms with Crippen molar-refractivity contribution in [2.75, 3.05) is 7.11 Å². The summed E-state index contributed by atoms with van der Waals surface area (Å²) in [4.78, 5) is 35.7. The number of ether oxygens (including phenoxy) is 1. The van der Waals surface area contributed by atoms with Crippen molar-refractivity contribution in [3.8, 4) is 5.75 Å². The van der Waals surface area contributed by atoms with Gasteiger partial charge in [0.2, 0.25) is 0 Å². The predicted octanol–water partition coefficient (Wildman–Crippen LogP) is 3.76. The topological polar surface area (TPSA) is 92.6 Å². The lowest BCUT2D eigenvalue weighted by Gasteiger charge is -2.25. The first kappa shape index (κ1) is 20.6. The van der Waals surface area contributed by atoms with Crippen molar-refractivity contribution >= 4 is 29.1 Å². The summed E-state index contributed by atoms with van der Waals surface area (Å²) in [6.45, 7) is 0.140. The highest BCUT2D eigenvalue weighted by Gasteiger charge is 2.46. The molecular weight excluding hydrogens is 418 g/mol. The molecular formula is C23H18ClN3O4. The van der Waals surface area contributed by atoms with Crippen LogP contribution in [0.25, 0.3) is 5.76 Å². The van der Waals surface area contributed by atoms with Crippen molar-refractivity contribution in [3.63, 3.8) is 0 Å². The fourth-order valence-electron chi connectivity index (χ4n) is 3.63. The molecule has 1 unspecified atom stereocenters. The van der Waals surface area contributed by atoms with Crippen molar-refractivity contribution in [2.24, 2.45) is 0 Å². The molecule has 156 valence electrons. The smallest absolute Gasteiger partial charge is 0.295 e. The Bertz CT molecular complexity index is 1170. The Morgan fingerprint density at radius 3 is 2.52 bits per heavy atom. The Kier molecular flexibility index (Phi) is 5.68. The maximum absolute atomic E-state index is 13.1. The van der Waals surface area contributed by atoms with Crippen molar-refractivity contribution < 1.29 is 19.4 Å². The highest BCUT2D eigenvalue weighted by atomic mass is 35.5. The number of carbonyl (C=O) groups excluding carboxylic acids is 2. The second-order valence-electron chi connectivity index (χ2n) is 6.92. The van der Waals surface area contributed by atoms with Gasteiger partial charge in [0.05, 0.1) is 24.3 Å². The number of hydrogen-bond donors (Lipinski definition) is 1. The lowest BCUT2D eigenvalue weighted by atomic mass is 9.96. The van der Waals surface area contributed by atoms with E-state index in [9.17, 15) is 14.7 Å². The Hall–Kier alpha value is -3.71. The Morgan fingerprint density at radius 2 is 1.87 bits per heavy atom. The molecule has 0 bridgehead atoms. The summed E-state index contributed by atoms with van der Waals surface area (Å²) in [5.41, 5.74) is 1.51. The van der Waals surface area contributed by atoms with Crippen LogP contribution in [0.5, 0.6) is 5.75 Å². The maximum atomic E-state index is 13.1. The molecule has 1 aliphatic rings. The standard InChI is InChI=1S/C23H18ClN3O4/c1-31-18-7-6-16(24)10-17(18)21(28)19-20(15-5-3-9-26-12-15)27(23(30)22(19)29)13-14-4-2-8-25-11-14/h2-12,20,28H,13H2,1H3. The molecule has 8 heteroatoms. The highest BCUT2D eigenvalue weighted by molar-refractivity contribution is 6.46. The molecule has 1 N–H and O–H groups in total. The molecule has 3 heterocycles. The van der Waals surface area contributed by atoms with Gasteiger partial charge >= 0.3 is 0 Å². The predicted molar refractivity (Wildman–Crippen MR) is 114 cm³/mol. The number of Topliss-reactive ketones (excluding diaryl/α,β-unsaturated/α-hetero) is 1. The van der Waals surface area contributed by atoms with Gasteiger partial charge in [-0.15, -0.1) is 0 Å². The van der Waals surface area contributed by atoms with E-state index in [0.717, 1.165) is 5.56 Å².